The summed E-state index contributed by atoms with van der Waals surface area (Å²) in [6, 6.07) is 0.307. The van der Waals surface area contributed by atoms with Gasteiger partial charge in [0.05, 0.1) is 6.04 Å². The Hall–Kier alpha value is -0.900. The van der Waals surface area contributed by atoms with Gasteiger partial charge in [-0.2, -0.15) is 0 Å². The van der Waals surface area contributed by atoms with Gasteiger partial charge in [-0.05, 0) is 18.3 Å². The van der Waals surface area contributed by atoms with Gasteiger partial charge in [0.15, 0.2) is 5.82 Å². The lowest BCUT2D eigenvalue weighted by Crippen LogP contribution is -2.41. The maximum atomic E-state index is 4.57. The largest absolute Gasteiger partial charge is 0.312 e. The summed E-state index contributed by atoms with van der Waals surface area (Å²) < 4.78 is 2.39. The summed E-state index contributed by atoms with van der Waals surface area (Å²) in [4.78, 5) is 0. The highest BCUT2D eigenvalue weighted by molar-refractivity contribution is 5.10. The Morgan fingerprint density at radius 3 is 2.40 bits per heavy atom. The molecule has 4 nitrogen and oxygen atoms in total. The standard InChI is InChI=1S/C16H30N4/c1-6-8-12(9-7-2)14-18-19-15-13(16(3,4)5)17-10-11-20(14)15/h12-13,17H,6-11H2,1-5H3. The average Bonchev–Trinajstić information content (AvgIpc) is 2.80. The minimum absolute atomic E-state index is 0.174. The highest BCUT2D eigenvalue weighted by Gasteiger charge is 2.34. The lowest BCUT2D eigenvalue weighted by Gasteiger charge is -2.35. The molecule has 0 aliphatic carbocycles. The smallest absolute Gasteiger partial charge is 0.150 e. The molecule has 0 amide bonds. The maximum Gasteiger partial charge on any atom is 0.150 e. The van der Waals surface area contributed by atoms with Gasteiger partial charge in [-0.3, -0.25) is 0 Å². The summed E-state index contributed by atoms with van der Waals surface area (Å²) in [5, 5.41) is 12.7. The van der Waals surface area contributed by atoms with Gasteiger partial charge in [0.1, 0.15) is 5.82 Å². The topological polar surface area (TPSA) is 42.7 Å². The zero-order valence-electron chi connectivity index (χ0n) is 13.7. The molecule has 1 aliphatic rings. The van der Waals surface area contributed by atoms with Gasteiger partial charge >= 0.3 is 0 Å². The van der Waals surface area contributed by atoms with E-state index in [9.17, 15) is 0 Å². The predicted octanol–water partition coefficient (Wildman–Crippen LogP) is 3.65. The van der Waals surface area contributed by atoms with Crippen molar-refractivity contribution in [3.63, 3.8) is 0 Å². The second-order valence-corrected chi connectivity index (χ2v) is 7.10. The molecular weight excluding hydrogens is 248 g/mol. The van der Waals surface area contributed by atoms with Crippen molar-refractivity contribution in [1.29, 1.82) is 0 Å². The van der Waals surface area contributed by atoms with Crippen LogP contribution >= 0.6 is 0 Å². The van der Waals surface area contributed by atoms with Gasteiger partial charge in [0.2, 0.25) is 0 Å². The van der Waals surface area contributed by atoms with Crippen LogP contribution in [0.25, 0.3) is 0 Å². The summed E-state index contributed by atoms with van der Waals surface area (Å²) in [6.45, 7) is 13.4. The van der Waals surface area contributed by atoms with E-state index in [1.165, 1.54) is 31.5 Å². The third-order valence-electron chi connectivity index (χ3n) is 4.26. The molecule has 1 aromatic heterocycles. The Morgan fingerprint density at radius 1 is 1.20 bits per heavy atom. The monoisotopic (exact) mass is 278 g/mol. The van der Waals surface area contributed by atoms with Crippen LogP contribution in [0.1, 0.15) is 83.9 Å². The summed E-state index contributed by atoms with van der Waals surface area (Å²) in [5.74, 6) is 2.93. The molecule has 114 valence electrons. The molecule has 1 unspecified atom stereocenters. The Bertz CT molecular complexity index is 424. The number of nitrogens with one attached hydrogen (secondary N) is 1. The van der Waals surface area contributed by atoms with E-state index in [-0.39, 0.29) is 5.41 Å². The number of fused-ring (bicyclic) bond motifs is 1. The average molecular weight is 278 g/mol. The zero-order valence-corrected chi connectivity index (χ0v) is 13.7. The fraction of sp³-hybridized carbons (Fsp3) is 0.875. The molecule has 2 heterocycles. The van der Waals surface area contributed by atoms with Crippen molar-refractivity contribution in [3.05, 3.63) is 11.6 Å². The summed E-state index contributed by atoms with van der Waals surface area (Å²) in [6.07, 6.45) is 4.88. The van der Waals surface area contributed by atoms with Gasteiger partial charge in [-0.15, -0.1) is 10.2 Å². The van der Waals surface area contributed by atoms with E-state index in [0.717, 1.165) is 18.9 Å². The molecule has 2 rings (SSSR count). The van der Waals surface area contributed by atoms with Crippen LogP contribution in [0, 0.1) is 5.41 Å². The first-order valence-corrected chi connectivity index (χ1v) is 8.15. The molecule has 1 N–H and O–H groups in total. The van der Waals surface area contributed by atoms with Crippen molar-refractivity contribution in [1.82, 2.24) is 20.1 Å². The molecule has 1 aromatic rings. The van der Waals surface area contributed by atoms with Crippen LogP contribution in [-0.2, 0) is 6.54 Å². The molecule has 4 heteroatoms. The lowest BCUT2D eigenvalue weighted by atomic mass is 9.85. The minimum atomic E-state index is 0.174. The summed E-state index contributed by atoms with van der Waals surface area (Å²) in [7, 11) is 0. The highest BCUT2D eigenvalue weighted by atomic mass is 15.3. The maximum absolute atomic E-state index is 4.57. The van der Waals surface area contributed by atoms with Crippen LogP contribution < -0.4 is 5.32 Å². The third-order valence-corrected chi connectivity index (χ3v) is 4.26. The fourth-order valence-corrected chi connectivity index (χ4v) is 3.28. The first-order valence-electron chi connectivity index (χ1n) is 8.15. The molecular formula is C16H30N4. The molecule has 0 bridgehead atoms. The van der Waals surface area contributed by atoms with E-state index < -0.39 is 0 Å². The van der Waals surface area contributed by atoms with Crippen molar-refractivity contribution in [2.45, 2.75) is 78.8 Å². The quantitative estimate of drug-likeness (QED) is 0.894. The molecule has 0 aromatic carbocycles. The molecule has 1 atom stereocenters. The van der Waals surface area contributed by atoms with Crippen molar-refractivity contribution in [3.8, 4) is 0 Å². The second-order valence-electron chi connectivity index (χ2n) is 7.10. The Balaban J connectivity index is 2.32. The number of nitrogens with zero attached hydrogens (tertiary/aromatic N) is 3. The van der Waals surface area contributed by atoms with E-state index in [2.05, 4.69) is 54.7 Å². The van der Waals surface area contributed by atoms with Crippen molar-refractivity contribution in [2.24, 2.45) is 5.41 Å². The number of aromatic nitrogens is 3. The van der Waals surface area contributed by atoms with E-state index in [1.807, 2.05) is 0 Å². The van der Waals surface area contributed by atoms with Crippen molar-refractivity contribution < 1.29 is 0 Å². The Kier molecular flexibility index (Phi) is 4.84. The molecule has 0 fully saturated rings. The SMILES string of the molecule is CCCC(CCC)c1nnc2n1CCNC2C(C)(C)C. The van der Waals surface area contributed by atoms with Crippen LogP contribution in [0.2, 0.25) is 0 Å². The molecule has 0 radical (unpaired) electrons. The van der Waals surface area contributed by atoms with Crippen LogP contribution in [-0.4, -0.2) is 21.3 Å². The molecule has 0 saturated heterocycles. The third kappa shape index (κ3) is 3.05. The second kappa shape index (κ2) is 6.25. The molecule has 20 heavy (non-hydrogen) atoms. The molecule has 0 saturated carbocycles. The highest BCUT2D eigenvalue weighted by Crippen LogP contribution is 2.35. The first kappa shape index (κ1) is 15.5. The Morgan fingerprint density at radius 2 is 1.85 bits per heavy atom. The van der Waals surface area contributed by atoms with E-state index in [4.69, 9.17) is 0 Å². The van der Waals surface area contributed by atoms with Crippen LogP contribution in [0.4, 0.5) is 0 Å². The van der Waals surface area contributed by atoms with Crippen molar-refractivity contribution >= 4 is 0 Å². The van der Waals surface area contributed by atoms with Crippen molar-refractivity contribution in [2.75, 3.05) is 6.54 Å². The van der Waals surface area contributed by atoms with Gasteiger partial charge in [0.25, 0.3) is 0 Å². The van der Waals surface area contributed by atoms with Crippen LogP contribution in [0.5, 0.6) is 0 Å². The minimum Gasteiger partial charge on any atom is -0.312 e. The fourth-order valence-electron chi connectivity index (χ4n) is 3.28. The normalized spacial score (nSPS) is 19.4. The predicted molar refractivity (Wildman–Crippen MR) is 82.8 cm³/mol. The first-order chi connectivity index (χ1) is 9.49. The zero-order chi connectivity index (χ0) is 14.8. The lowest BCUT2D eigenvalue weighted by molar-refractivity contribution is 0.231. The van der Waals surface area contributed by atoms with Gasteiger partial charge in [0, 0.05) is 19.0 Å². The summed E-state index contributed by atoms with van der Waals surface area (Å²) in [5.41, 5.74) is 0.174. The van der Waals surface area contributed by atoms with Crippen LogP contribution in [0.15, 0.2) is 0 Å². The van der Waals surface area contributed by atoms with Crippen LogP contribution in [0.3, 0.4) is 0 Å². The Labute approximate surface area is 123 Å². The number of hydrogen-bond donors (Lipinski definition) is 1. The number of rotatable bonds is 5. The van der Waals surface area contributed by atoms with Gasteiger partial charge in [-0.1, -0.05) is 47.5 Å². The molecule has 0 spiro atoms. The van der Waals surface area contributed by atoms with E-state index in [1.54, 1.807) is 0 Å². The summed E-state index contributed by atoms with van der Waals surface area (Å²) >= 11 is 0. The number of hydrogen-bond acceptors (Lipinski definition) is 3. The molecule has 1 aliphatic heterocycles. The van der Waals surface area contributed by atoms with Gasteiger partial charge < -0.3 is 9.88 Å². The van der Waals surface area contributed by atoms with E-state index in [0.29, 0.717) is 12.0 Å². The van der Waals surface area contributed by atoms with Gasteiger partial charge in [-0.25, -0.2) is 0 Å². The van der Waals surface area contributed by atoms with E-state index >= 15 is 0 Å².